The van der Waals surface area contributed by atoms with Gasteiger partial charge in [-0.2, -0.15) is 13.2 Å². The molecule has 1 saturated heterocycles. The lowest BCUT2D eigenvalue weighted by atomic mass is 9.98. The van der Waals surface area contributed by atoms with Crippen molar-refractivity contribution < 1.29 is 27.8 Å². The second-order valence-corrected chi connectivity index (χ2v) is 5.78. The van der Waals surface area contributed by atoms with Crippen LogP contribution in [0.25, 0.3) is 0 Å². The summed E-state index contributed by atoms with van der Waals surface area (Å²) in [4.78, 5) is 13.8. The van der Waals surface area contributed by atoms with Crippen LogP contribution >= 0.6 is 0 Å². The van der Waals surface area contributed by atoms with E-state index in [1.165, 1.54) is 6.07 Å². The first kappa shape index (κ1) is 18.4. The predicted molar refractivity (Wildman–Crippen MR) is 81.6 cm³/mol. The number of aliphatic hydroxyl groups is 1. The molecule has 0 atom stereocenters. The quantitative estimate of drug-likeness (QED) is 0.861. The van der Waals surface area contributed by atoms with Crippen LogP contribution in [-0.2, 0) is 6.54 Å². The van der Waals surface area contributed by atoms with E-state index in [2.05, 4.69) is 5.32 Å². The monoisotopic (exact) mass is 346 g/mol. The normalized spacial score (nSPS) is 16.1. The molecule has 134 valence electrons. The summed E-state index contributed by atoms with van der Waals surface area (Å²) < 4.78 is 41.6. The number of alkyl halides is 3. The Labute approximate surface area is 138 Å². The Morgan fingerprint density at radius 2 is 1.96 bits per heavy atom. The molecule has 0 unspecified atom stereocenters. The van der Waals surface area contributed by atoms with Gasteiger partial charge in [0, 0.05) is 31.8 Å². The molecule has 0 spiro atoms. The minimum absolute atomic E-state index is 0.0901. The highest BCUT2D eigenvalue weighted by molar-refractivity contribution is 5.74. The van der Waals surface area contributed by atoms with E-state index in [1.807, 2.05) is 0 Å². The molecule has 5 nitrogen and oxygen atoms in total. The Bertz CT molecular complexity index is 544. The van der Waals surface area contributed by atoms with Gasteiger partial charge in [0.2, 0.25) is 0 Å². The highest BCUT2D eigenvalue weighted by Crippen LogP contribution is 2.22. The van der Waals surface area contributed by atoms with E-state index in [0.717, 1.165) is 12.8 Å². The zero-order valence-corrected chi connectivity index (χ0v) is 13.2. The molecule has 1 aromatic carbocycles. The van der Waals surface area contributed by atoms with E-state index in [1.54, 1.807) is 23.1 Å². The van der Waals surface area contributed by atoms with Gasteiger partial charge in [-0.1, -0.05) is 18.2 Å². The van der Waals surface area contributed by atoms with Gasteiger partial charge in [0.15, 0.2) is 6.61 Å². The fraction of sp³-hybridized carbons (Fsp3) is 0.562. The molecule has 0 radical (unpaired) electrons. The number of aliphatic hydroxyl groups excluding tert-OH is 1. The molecule has 0 aromatic heterocycles. The SMILES string of the molecule is O=C(NCc1ccccc1OCC(F)(F)F)N1CCC(CO)CC1. The van der Waals surface area contributed by atoms with Gasteiger partial charge in [0.1, 0.15) is 5.75 Å². The van der Waals surface area contributed by atoms with Crippen molar-refractivity contribution in [1.29, 1.82) is 0 Å². The van der Waals surface area contributed by atoms with Crippen molar-refractivity contribution in [2.75, 3.05) is 26.3 Å². The highest BCUT2D eigenvalue weighted by atomic mass is 19.4. The van der Waals surface area contributed by atoms with E-state index in [4.69, 9.17) is 9.84 Å². The number of piperidine rings is 1. The minimum Gasteiger partial charge on any atom is -0.484 e. The highest BCUT2D eigenvalue weighted by Gasteiger charge is 2.29. The van der Waals surface area contributed by atoms with E-state index in [9.17, 15) is 18.0 Å². The summed E-state index contributed by atoms with van der Waals surface area (Å²) in [5.41, 5.74) is 0.486. The number of likely N-dealkylation sites (tertiary alicyclic amines) is 1. The number of benzene rings is 1. The molecule has 1 aliphatic heterocycles. The molecular weight excluding hydrogens is 325 g/mol. The van der Waals surface area contributed by atoms with Gasteiger partial charge in [-0.05, 0) is 24.8 Å². The lowest BCUT2D eigenvalue weighted by molar-refractivity contribution is -0.153. The molecule has 0 bridgehead atoms. The van der Waals surface area contributed by atoms with Gasteiger partial charge in [0.25, 0.3) is 0 Å². The van der Waals surface area contributed by atoms with E-state index in [0.29, 0.717) is 18.7 Å². The van der Waals surface area contributed by atoms with Gasteiger partial charge in [-0.25, -0.2) is 4.79 Å². The summed E-state index contributed by atoms with van der Waals surface area (Å²) in [6.45, 7) is -0.0363. The molecule has 2 amide bonds. The molecule has 24 heavy (non-hydrogen) atoms. The van der Waals surface area contributed by atoms with Gasteiger partial charge in [-0.15, -0.1) is 0 Å². The predicted octanol–water partition coefficient (Wildman–Crippen LogP) is 2.54. The van der Waals surface area contributed by atoms with Crippen LogP contribution < -0.4 is 10.1 Å². The molecule has 0 aliphatic carbocycles. The van der Waals surface area contributed by atoms with Gasteiger partial charge >= 0.3 is 12.2 Å². The van der Waals surface area contributed by atoms with Crippen molar-refractivity contribution in [3.05, 3.63) is 29.8 Å². The van der Waals surface area contributed by atoms with Gasteiger partial charge < -0.3 is 20.1 Å². The summed E-state index contributed by atoms with van der Waals surface area (Å²) in [5.74, 6) is 0.333. The molecule has 1 aliphatic rings. The van der Waals surface area contributed by atoms with Crippen LogP contribution in [0.2, 0.25) is 0 Å². The topological polar surface area (TPSA) is 61.8 Å². The van der Waals surface area contributed by atoms with Gasteiger partial charge in [0.05, 0.1) is 0 Å². The average molecular weight is 346 g/mol. The first-order valence-electron chi connectivity index (χ1n) is 7.80. The zero-order chi connectivity index (χ0) is 17.6. The summed E-state index contributed by atoms with van der Waals surface area (Å²) in [6.07, 6.45) is -2.92. The zero-order valence-electron chi connectivity index (χ0n) is 13.2. The first-order valence-corrected chi connectivity index (χ1v) is 7.80. The maximum absolute atomic E-state index is 12.3. The van der Waals surface area contributed by atoms with Crippen LogP contribution in [0.1, 0.15) is 18.4 Å². The smallest absolute Gasteiger partial charge is 0.422 e. The Balaban J connectivity index is 1.86. The van der Waals surface area contributed by atoms with Crippen molar-refractivity contribution in [2.45, 2.75) is 25.6 Å². The second-order valence-electron chi connectivity index (χ2n) is 5.78. The number of nitrogens with one attached hydrogen (secondary N) is 1. The first-order chi connectivity index (χ1) is 11.4. The Hall–Kier alpha value is -1.96. The van der Waals surface area contributed by atoms with Crippen molar-refractivity contribution in [1.82, 2.24) is 10.2 Å². The molecular formula is C16H21F3N2O3. The summed E-state index contributed by atoms with van der Waals surface area (Å²) in [5, 5.41) is 11.8. The lowest BCUT2D eigenvalue weighted by Gasteiger charge is -2.31. The van der Waals surface area contributed by atoms with Crippen molar-refractivity contribution in [3.8, 4) is 5.75 Å². The third-order valence-corrected chi connectivity index (χ3v) is 3.95. The third kappa shape index (κ3) is 5.59. The number of nitrogens with zero attached hydrogens (tertiary/aromatic N) is 1. The number of hydrogen-bond donors (Lipinski definition) is 2. The number of urea groups is 1. The van der Waals surface area contributed by atoms with Crippen molar-refractivity contribution >= 4 is 6.03 Å². The summed E-state index contributed by atoms with van der Waals surface area (Å²) in [6, 6.07) is 6.05. The summed E-state index contributed by atoms with van der Waals surface area (Å²) >= 11 is 0. The molecule has 8 heteroatoms. The van der Waals surface area contributed by atoms with Crippen LogP contribution in [-0.4, -0.2) is 48.5 Å². The number of carbonyl (C=O) groups excluding carboxylic acids is 1. The van der Waals surface area contributed by atoms with Gasteiger partial charge in [-0.3, -0.25) is 0 Å². The number of hydrogen-bond acceptors (Lipinski definition) is 3. The number of carbonyl (C=O) groups is 1. The Morgan fingerprint density at radius 1 is 1.29 bits per heavy atom. The maximum atomic E-state index is 12.3. The van der Waals surface area contributed by atoms with E-state index >= 15 is 0 Å². The molecule has 1 aromatic rings. The Kier molecular flexibility index (Phi) is 6.30. The lowest BCUT2D eigenvalue weighted by Crippen LogP contribution is -2.44. The van der Waals surface area contributed by atoms with Crippen LogP contribution in [0.5, 0.6) is 5.75 Å². The molecule has 2 N–H and O–H groups in total. The van der Waals surface area contributed by atoms with E-state index < -0.39 is 12.8 Å². The molecule has 1 fully saturated rings. The van der Waals surface area contributed by atoms with Crippen molar-refractivity contribution in [3.63, 3.8) is 0 Å². The third-order valence-electron chi connectivity index (χ3n) is 3.95. The number of rotatable bonds is 5. The number of amides is 2. The molecule has 1 heterocycles. The average Bonchev–Trinajstić information content (AvgIpc) is 2.58. The molecule has 0 saturated carbocycles. The standard InChI is InChI=1S/C16H21F3N2O3/c17-16(18,19)11-24-14-4-2-1-3-13(14)9-20-15(23)21-7-5-12(10-22)6-8-21/h1-4,12,22H,5-11H2,(H,20,23). The minimum atomic E-state index is -4.41. The second kappa shape index (κ2) is 8.23. The van der Waals surface area contributed by atoms with Crippen LogP contribution in [0.3, 0.4) is 0 Å². The number of ether oxygens (including phenoxy) is 1. The van der Waals surface area contributed by atoms with E-state index in [-0.39, 0.29) is 30.9 Å². The fourth-order valence-corrected chi connectivity index (χ4v) is 2.55. The number of halogens is 3. The van der Waals surface area contributed by atoms with Crippen molar-refractivity contribution in [2.24, 2.45) is 5.92 Å². The van der Waals surface area contributed by atoms with Crippen LogP contribution in [0.15, 0.2) is 24.3 Å². The number of para-hydroxylation sites is 1. The largest absolute Gasteiger partial charge is 0.484 e. The fourth-order valence-electron chi connectivity index (χ4n) is 2.55. The maximum Gasteiger partial charge on any atom is 0.422 e. The van der Waals surface area contributed by atoms with Crippen LogP contribution in [0, 0.1) is 5.92 Å². The molecule has 2 rings (SSSR count). The Morgan fingerprint density at radius 3 is 2.58 bits per heavy atom. The summed E-state index contributed by atoms with van der Waals surface area (Å²) in [7, 11) is 0. The van der Waals surface area contributed by atoms with Crippen LogP contribution in [0.4, 0.5) is 18.0 Å².